The van der Waals surface area contributed by atoms with Crippen LogP contribution in [0.1, 0.15) is 5.56 Å². The molecule has 0 atom stereocenters. The number of thiocarbonyl (C=S) groups is 1. The van der Waals surface area contributed by atoms with Crippen LogP contribution in [0.15, 0.2) is 64.5 Å². The molecule has 25 heavy (non-hydrogen) atoms. The molecule has 0 spiro atoms. The first kappa shape index (κ1) is 17.2. The zero-order chi connectivity index (χ0) is 17.6. The molecular formula is C18H15N3O2S2. The largest absolute Gasteiger partial charge is 0.497 e. The van der Waals surface area contributed by atoms with Gasteiger partial charge in [-0.05, 0) is 59.9 Å². The molecule has 1 fully saturated rings. The van der Waals surface area contributed by atoms with Gasteiger partial charge in [0.2, 0.25) is 0 Å². The van der Waals surface area contributed by atoms with Crippen molar-refractivity contribution in [2.75, 3.05) is 12.4 Å². The Hall–Kier alpha value is -2.64. The van der Waals surface area contributed by atoms with Crippen LogP contribution in [0.3, 0.4) is 0 Å². The second kappa shape index (κ2) is 7.96. The summed E-state index contributed by atoms with van der Waals surface area (Å²) in [4.78, 5) is 16.9. The zero-order valence-electron chi connectivity index (χ0n) is 13.4. The number of hydrogen-bond acceptors (Lipinski definition) is 4. The van der Waals surface area contributed by atoms with Crippen LogP contribution in [0, 0.1) is 0 Å². The number of nitrogens with one attached hydrogen (secondary N) is 2. The summed E-state index contributed by atoms with van der Waals surface area (Å²) >= 11 is 6.49. The van der Waals surface area contributed by atoms with Gasteiger partial charge in [0.25, 0.3) is 5.91 Å². The Morgan fingerprint density at radius 2 is 1.92 bits per heavy atom. The Bertz CT molecular complexity index is 846. The lowest BCUT2D eigenvalue weighted by atomic mass is 10.2. The van der Waals surface area contributed by atoms with Crippen molar-refractivity contribution in [3.05, 3.63) is 65.1 Å². The van der Waals surface area contributed by atoms with Crippen molar-refractivity contribution in [3.63, 3.8) is 0 Å². The molecule has 1 aliphatic heterocycles. The molecule has 1 heterocycles. The summed E-state index contributed by atoms with van der Waals surface area (Å²) in [6.45, 7) is 0. The van der Waals surface area contributed by atoms with Gasteiger partial charge in [-0.25, -0.2) is 0 Å². The van der Waals surface area contributed by atoms with E-state index in [9.17, 15) is 4.79 Å². The summed E-state index contributed by atoms with van der Waals surface area (Å²) in [7, 11) is 1.61. The highest BCUT2D eigenvalue weighted by Crippen LogP contribution is 2.26. The van der Waals surface area contributed by atoms with Crippen LogP contribution in [-0.4, -0.2) is 23.3 Å². The van der Waals surface area contributed by atoms with Gasteiger partial charge in [-0.3, -0.25) is 4.79 Å². The van der Waals surface area contributed by atoms with Gasteiger partial charge in [0, 0.05) is 5.69 Å². The van der Waals surface area contributed by atoms with Crippen molar-refractivity contribution < 1.29 is 9.53 Å². The predicted octanol–water partition coefficient (Wildman–Crippen LogP) is 3.65. The number of benzene rings is 2. The third-order valence-electron chi connectivity index (χ3n) is 3.29. The minimum Gasteiger partial charge on any atom is -0.497 e. The molecule has 5 nitrogen and oxygen atoms in total. The topological polar surface area (TPSA) is 62.7 Å². The van der Waals surface area contributed by atoms with Crippen LogP contribution in [0.5, 0.6) is 5.75 Å². The van der Waals surface area contributed by atoms with Crippen LogP contribution < -0.4 is 15.4 Å². The van der Waals surface area contributed by atoms with Crippen molar-refractivity contribution in [2.24, 2.45) is 4.99 Å². The van der Waals surface area contributed by atoms with Gasteiger partial charge in [-0.15, -0.1) is 0 Å². The second-order valence-electron chi connectivity index (χ2n) is 5.05. The zero-order valence-corrected chi connectivity index (χ0v) is 15.0. The number of carbonyl (C=O) groups is 1. The molecule has 1 saturated heterocycles. The maximum Gasteiger partial charge on any atom is 0.264 e. The number of hydrogen-bond donors (Lipinski definition) is 2. The lowest BCUT2D eigenvalue weighted by Gasteiger charge is -2.05. The Labute approximate surface area is 155 Å². The van der Waals surface area contributed by atoms with E-state index >= 15 is 0 Å². The van der Waals surface area contributed by atoms with E-state index < -0.39 is 0 Å². The molecule has 2 aromatic carbocycles. The fraction of sp³-hybridized carbons (Fsp3) is 0.0556. The van der Waals surface area contributed by atoms with Gasteiger partial charge in [-0.2, -0.15) is 4.99 Å². The average molecular weight is 369 g/mol. The summed E-state index contributed by atoms with van der Waals surface area (Å²) in [5, 5.41) is 6.45. The molecule has 1 amide bonds. The third kappa shape index (κ3) is 4.68. The number of methoxy groups -OCH3 is 1. The number of ether oxygens (including phenoxy) is 1. The highest BCUT2D eigenvalue weighted by Gasteiger charge is 2.24. The van der Waals surface area contributed by atoms with Gasteiger partial charge >= 0.3 is 0 Å². The van der Waals surface area contributed by atoms with Crippen molar-refractivity contribution in [1.82, 2.24) is 5.32 Å². The Balaban J connectivity index is 1.66. The number of amidine groups is 1. The summed E-state index contributed by atoms with van der Waals surface area (Å²) < 4.78 is 5.11. The maximum atomic E-state index is 12.0. The summed E-state index contributed by atoms with van der Waals surface area (Å²) in [5.41, 5.74) is 1.75. The molecule has 0 aromatic heterocycles. The van der Waals surface area contributed by atoms with E-state index in [1.165, 1.54) is 11.8 Å². The highest BCUT2D eigenvalue weighted by atomic mass is 32.2. The van der Waals surface area contributed by atoms with Crippen LogP contribution in [0.25, 0.3) is 6.08 Å². The number of carbonyl (C=O) groups excluding carboxylic acids is 1. The van der Waals surface area contributed by atoms with E-state index in [1.54, 1.807) is 7.11 Å². The molecule has 0 saturated carbocycles. The first-order valence-corrected chi connectivity index (χ1v) is 8.66. The smallest absolute Gasteiger partial charge is 0.264 e. The molecule has 1 aliphatic rings. The van der Waals surface area contributed by atoms with Crippen molar-refractivity contribution in [1.29, 1.82) is 0 Å². The van der Waals surface area contributed by atoms with Gasteiger partial charge in [0.1, 0.15) is 5.75 Å². The SMILES string of the molecule is COc1ccc(NC(=S)/N=C2\NC(=O)/C(=C\c3ccccc3)S2)cc1. The monoisotopic (exact) mass is 369 g/mol. The number of rotatable bonds is 3. The molecule has 2 N–H and O–H groups in total. The number of nitrogens with zero attached hydrogens (tertiary/aromatic N) is 1. The lowest BCUT2D eigenvalue weighted by Crippen LogP contribution is -2.21. The second-order valence-corrected chi connectivity index (χ2v) is 6.47. The average Bonchev–Trinajstić information content (AvgIpc) is 2.95. The standard InChI is InChI=1S/C18H15N3O2S2/c1-23-14-9-7-13(8-10-14)19-17(24)21-18-20-16(22)15(25-18)11-12-5-3-2-4-6-12/h2-11H,1H3,(H2,19,20,21,22,24)/b15-11+. The van der Waals surface area contributed by atoms with Crippen LogP contribution in [-0.2, 0) is 4.79 Å². The Morgan fingerprint density at radius 1 is 1.20 bits per heavy atom. The molecule has 0 radical (unpaired) electrons. The van der Waals surface area contributed by atoms with Crippen molar-refractivity contribution >= 4 is 51.9 Å². The van der Waals surface area contributed by atoms with E-state index in [-0.39, 0.29) is 11.0 Å². The normalized spacial score (nSPS) is 16.8. The number of thioether (sulfide) groups is 1. The van der Waals surface area contributed by atoms with Gasteiger partial charge in [-0.1, -0.05) is 30.3 Å². The number of anilines is 1. The molecule has 2 aromatic rings. The van der Waals surface area contributed by atoms with E-state index in [2.05, 4.69) is 15.6 Å². The van der Waals surface area contributed by atoms with Crippen LogP contribution in [0.4, 0.5) is 5.69 Å². The number of aliphatic imine (C=N–C) groups is 1. The predicted molar refractivity (Wildman–Crippen MR) is 107 cm³/mol. The maximum absolute atomic E-state index is 12.0. The van der Waals surface area contributed by atoms with Crippen molar-refractivity contribution in [3.8, 4) is 5.75 Å². The first-order chi connectivity index (χ1) is 12.1. The molecule has 7 heteroatoms. The van der Waals surface area contributed by atoms with E-state index in [1.807, 2.05) is 60.7 Å². The molecule has 3 rings (SSSR count). The third-order valence-corrected chi connectivity index (χ3v) is 4.40. The highest BCUT2D eigenvalue weighted by molar-refractivity contribution is 8.18. The fourth-order valence-electron chi connectivity index (χ4n) is 2.10. The van der Waals surface area contributed by atoms with Crippen LogP contribution in [0.2, 0.25) is 0 Å². The molecule has 0 aliphatic carbocycles. The number of amides is 1. The summed E-state index contributed by atoms with van der Waals surface area (Å²) in [6, 6.07) is 17.0. The minimum absolute atomic E-state index is 0.181. The van der Waals surface area contributed by atoms with E-state index in [0.717, 1.165) is 17.0 Å². The molecule has 0 bridgehead atoms. The molecule has 126 valence electrons. The molecule has 0 unspecified atom stereocenters. The Kier molecular flexibility index (Phi) is 5.47. The quantitative estimate of drug-likeness (QED) is 0.639. The summed E-state index contributed by atoms with van der Waals surface area (Å²) in [5.74, 6) is 0.580. The Morgan fingerprint density at radius 3 is 2.60 bits per heavy atom. The van der Waals surface area contributed by atoms with E-state index in [4.69, 9.17) is 17.0 Å². The van der Waals surface area contributed by atoms with Gasteiger partial charge < -0.3 is 15.4 Å². The fourth-order valence-corrected chi connectivity index (χ4v) is 3.19. The van der Waals surface area contributed by atoms with Gasteiger partial charge in [0.05, 0.1) is 12.0 Å². The van der Waals surface area contributed by atoms with Crippen LogP contribution >= 0.6 is 24.0 Å². The van der Waals surface area contributed by atoms with Gasteiger partial charge in [0.15, 0.2) is 10.3 Å². The lowest BCUT2D eigenvalue weighted by molar-refractivity contribution is -0.115. The molecular weight excluding hydrogens is 354 g/mol. The first-order valence-electron chi connectivity index (χ1n) is 7.44. The van der Waals surface area contributed by atoms with E-state index in [0.29, 0.717) is 10.1 Å². The van der Waals surface area contributed by atoms with Crippen molar-refractivity contribution in [2.45, 2.75) is 0 Å². The summed E-state index contributed by atoms with van der Waals surface area (Å²) in [6.07, 6.45) is 1.82. The minimum atomic E-state index is -0.181.